The molecular formula is C45H47GeIrN3O-2. The van der Waals surface area contributed by atoms with Crippen molar-refractivity contribution < 1.29 is 32.7 Å². The van der Waals surface area contributed by atoms with Crippen LogP contribution in [0.1, 0.15) is 65.4 Å². The van der Waals surface area contributed by atoms with Crippen LogP contribution in [0.15, 0.2) is 108 Å². The van der Waals surface area contributed by atoms with E-state index in [2.05, 4.69) is 45.4 Å². The normalized spacial score (nSPS) is 14.2. The standard InChI is InChI=1S/C28H25N2O.C17H22GeN.Ir/c1-18-17-29-25(15-20(18)16-28(2,3)4)23-12-8-11-21-22-13-14-24(19-9-6-5-7-10-19)30-27(22)31-26(21)23;1-13(2)15-11-17(14-9-7-6-8-10-14)19-12-16(15)18(3,4)5;/h5-11,13-15,17H,16H2,1-4H3;6-9,11-13H,1-5H3;/q2*-1;/i1D3,16D2;13D;. The van der Waals surface area contributed by atoms with Crippen LogP contribution in [0.2, 0.25) is 17.3 Å². The van der Waals surface area contributed by atoms with Gasteiger partial charge in [0.2, 0.25) is 5.71 Å². The second-order valence-corrected chi connectivity index (χ2v) is 25.3. The Balaban J connectivity index is 0.000000251. The summed E-state index contributed by atoms with van der Waals surface area (Å²) in [4.78, 5) is 13.8. The third-order valence-electron chi connectivity index (χ3n) is 8.27. The van der Waals surface area contributed by atoms with Crippen molar-refractivity contribution in [3.63, 3.8) is 0 Å². The molecule has 4 heterocycles. The Kier molecular flexibility index (Phi) is 9.50. The summed E-state index contributed by atoms with van der Waals surface area (Å²) >= 11 is -2.03. The quantitative estimate of drug-likeness (QED) is 0.123. The number of hydrogen-bond acceptors (Lipinski definition) is 4. The van der Waals surface area contributed by atoms with Crippen LogP contribution in [0.5, 0.6) is 0 Å². The van der Waals surface area contributed by atoms with E-state index in [4.69, 9.17) is 17.6 Å². The van der Waals surface area contributed by atoms with Gasteiger partial charge in [0.05, 0.1) is 11.3 Å². The molecule has 3 aromatic carbocycles. The van der Waals surface area contributed by atoms with Gasteiger partial charge in [0, 0.05) is 44.1 Å². The first-order chi connectivity index (χ1) is 26.1. The third kappa shape index (κ3) is 8.95. The molecule has 4 aromatic heterocycles. The van der Waals surface area contributed by atoms with Crippen LogP contribution in [-0.4, -0.2) is 28.2 Å². The maximum atomic E-state index is 8.80. The second kappa shape index (κ2) is 15.8. The average molecular weight is 917 g/mol. The second-order valence-electron chi connectivity index (χ2n) is 14.7. The summed E-state index contributed by atoms with van der Waals surface area (Å²) in [6, 6.07) is 35.2. The number of rotatable bonds is 6. The van der Waals surface area contributed by atoms with Gasteiger partial charge >= 0.3 is 120 Å². The minimum atomic E-state index is -2.51. The van der Waals surface area contributed by atoms with E-state index in [-0.39, 0.29) is 31.2 Å². The number of fused-ring (bicyclic) bond motifs is 3. The van der Waals surface area contributed by atoms with Gasteiger partial charge < -0.3 is 9.40 Å². The van der Waals surface area contributed by atoms with Crippen LogP contribution in [0, 0.1) is 24.4 Å². The molecule has 0 spiro atoms. The zero-order valence-corrected chi connectivity index (χ0v) is 34.9. The Bertz CT molecular complexity index is 2500. The molecule has 0 unspecified atom stereocenters. The summed E-state index contributed by atoms with van der Waals surface area (Å²) in [7, 11) is 0. The van der Waals surface area contributed by atoms with Crippen LogP contribution < -0.4 is 4.40 Å². The minimum Gasteiger partial charge on any atom is -0.486 e. The Hall–Kier alpha value is -3.90. The van der Waals surface area contributed by atoms with Crippen molar-refractivity contribution in [1.29, 1.82) is 0 Å². The van der Waals surface area contributed by atoms with Gasteiger partial charge in [-0.1, -0.05) is 73.7 Å². The van der Waals surface area contributed by atoms with Crippen molar-refractivity contribution in [2.24, 2.45) is 5.41 Å². The third-order valence-corrected chi connectivity index (χ3v) is 12.5. The number of furan rings is 1. The first kappa shape index (κ1) is 30.7. The van der Waals surface area contributed by atoms with E-state index in [1.807, 2.05) is 92.8 Å². The summed E-state index contributed by atoms with van der Waals surface area (Å²) in [6.07, 6.45) is 1.33. The van der Waals surface area contributed by atoms with Crippen molar-refractivity contribution in [3.05, 3.63) is 132 Å². The number of nitrogens with zero attached hydrogens (tertiary/aromatic N) is 3. The van der Waals surface area contributed by atoms with Crippen molar-refractivity contribution >= 4 is 39.7 Å². The predicted molar refractivity (Wildman–Crippen MR) is 212 cm³/mol. The molecule has 1 radical (unpaired) electrons. The molecule has 0 aliphatic rings. The zero-order chi connectivity index (χ0) is 40.8. The first-order valence-corrected chi connectivity index (χ1v) is 24.2. The summed E-state index contributed by atoms with van der Waals surface area (Å²) in [5, 5.41) is 1.66. The minimum absolute atomic E-state index is 0. The van der Waals surface area contributed by atoms with Gasteiger partial charge in [0.1, 0.15) is 0 Å². The summed E-state index contributed by atoms with van der Waals surface area (Å²) in [5.74, 6) is 6.45. The molecule has 263 valence electrons. The first-order valence-electron chi connectivity index (χ1n) is 19.9. The fraction of sp³-hybridized carbons (Fsp3) is 0.267. The number of pyridine rings is 3. The van der Waals surface area contributed by atoms with Crippen molar-refractivity contribution in [3.8, 4) is 33.8 Å². The van der Waals surface area contributed by atoms with Crippen LogP contribution in [0.4, 0.5) is 0 Å². The van der Waals surface area contributed by atoms with E-state index in [0.717, 1.165) is 38.9 Å². The van der Waals surface area contributed by atoms with Gasteiger partial charge in [-0.05, 0) is 42.0 Å². The van der Waals surface area contributed by atoms with E-state index >= 15 is 0 Å². The molecule has 7 rings (SSSR count). The van der Waals surface area contributed by atoms with Crippen molar-refractivity contribution in [1.82, 2.24) is 15.0 Å². The molecule has 51 heavy (non-hydrogen) atoms. The van der Waals surface area contributed by atoms with E-state index in [1.54, 1.807) is 26.8 Å². The van der Waals surface area contributed by atoms with Crippen molar-refractivity contribution in [2.45, 2.75) is 71.0 Å². The molecule has 0 aliphatic carbocycles. The summed E-state index contributed by atoms with van der Waals surface area (Å²) in [6.45, 7) is 6.65. The molecule has 6 heteroatoms. The van der Waals surface area contributed by atoms with Crippen molar-refractivity contribution in [2.75, 3.05) is 0 Å². The van der Waals surface area contributed by atoms with E-state index in [0.29, 0.717) is 22.6 Å². The fourth-order valence-electron chi connectivity index (χ4n) is 5.85. The van der Waals surface area contributed by atoms with E-state index < -0.39 is 37.8 Å². The molecular weight excluding hydrogens is 863 g/mol. The predicted octanol–water partition coefficient (Wildman–Crippen LogP) is 11.6. The average Bonchev–Trinajstić information content (AvgIpc) is 3.52. The monoisotopic (exact) mass is 918 g/mol. The topological polar surface area (TPSA) is 51.8 Å². The molecule has 0 N–H and O–H groups in total. The maximum absolute atomic E-state index is 8.80. The Morgan fingerprint density at radius 3 is 2.25 bits per heavy atom. The van der Waals surface area contributed by atoms with Gasteiger partial charge in [-0.15, -0.1) is 18.2 Å². The smallest absolute Gasteiger partial charge is 0.216 e. The maximum Gasteiger partial charge on any atom is 0.216 e. The van der Waals surface area contributed by atoms with E-state index in [9.17, 15) is 0 Å². The van der Waals surface area contributed by atoms with Crippen LogP contribution in [-0.2, 0) is 26.5 Å². The Morgan fingerprint density at radius 1 is 0.843 bits per heavy atom. The molecule has 0 aliphatic heterocycles. The van der Waals surface area contributed by atoms with Crippen LogP contribution >= 0.6 is 0 Å². The number of aryl methyl sites for hydroxylation is 1. The number of aromatic nitrogens is 3. The zero-order valence-electron chi connectivity index (χ0n) is 36.4. The van der Waals surface area contributed by atoms with Crippen LogP contribution in [0.3, 0.4) is 0 Å². The summed E-state index contributed by atoms with van der Waals surface area (Å²) < 4.78 is 57.5. The fourth-order valence-corrected chi connectivity index (χ4v) is 9.17. The van der Waals surface area contributed by atoms with Gasteiger partial charge in [-0.2, -0.15) is 0 Å². The Morgan fingerprint density at radius 2 is 1.59 bits per heavy atom. The van der Waals surface area contributed by atoms with E-state index in [1.165, 1.54) is 16.7 Å². The van der Waals surface area contributed by atoms with Gasteiger partial charge in [0.15, 0.2) is 0 Å². The molecule has 0 saturated heterocycles. The molecule has 0 amide bonds. The van der Waals surface area contributed by atoms with Gasteiger partial charge in [-0.25, -0.2) is 4.98 Å². The molecule has 4 nitrogen and oxygen atoms in total. The van der Waals surface area contributed by atoms with Gasteiger partial charge in [0.25, 0.3) is 0 Å². The molecule has 0 bridgehead atoms. The molecule has 7 aromatic rings. The Labute approximate surface area is 328 Å². The molecule has 0 fully saturated rings. The summed E-state index contributed by atoms with van der Waals surface area (Å²) in [5.41, 5.74) is 5.82. The largest absolute Gasteiger partial charge is 0.486 e. The molecule has 0 atom stereocenters. The number of hydrogen-bond donors (Lipinski definition) is 0. The van der Waals surface area contributed by atoms with Gasteiger partial charge in [-0.3, -0.25) is 0 Å². The number of benzene rings is 3. The molecule has 0 saturated carbocycles. The van der Waals surface area contributed by atoms with Crippen LogP contribution in [0.25, 0.3) is 55.8 Å². The SMILES string of the molecule is [2H]C(C)(C)c1cc(-c2[c-]cccc2)nc[c]1[Ge]([CH3])([CH3])[CH3].[2H]C([2H])([2H])c1cnc(-c2[c-]ccc3c2oc2nc(-c4ccccc4)ccc23)cc1C([2H])([2H])C(C)(C)C.[Ir].